The van der Waals surface area contributed by atoms with Gasteiger partial charge in [-0.1, -0.05) is 6.92 Å². The van der Waals surface area contributed by atoms with Crippen LogP contribution in [0.1, 0.15) is 13.8 Å². The van der Waals surface area contributed by atoms with Crippen molar-refractivity contribution in [2.75, 3.05) is 20.8 Å². The van der Waals surface area contributed by atoms with Gasteiger partial charge in [-0.3, -0.25) is 0 Å². The standard InChI is InChI=1S/C13H20BrNO5S/c1-8(7-16)9(2)15-21(17,18)13-6-12(20-4)11(19-3)5-10(13)14/h5-6,8-9,15-16H,7H2,1-4H3. The third-order valence-corrected chi connectivity index (χ3v) is 5.73. The van der Waals surface area contributed by atoms with Crippen LogP contribution in [0.15, 0.2) is 21.5 Å². The van der Waals surface area contributed by atoms with E-state index in [4.69, 9.17) is 14.6 Å². The van der Waals surface area contributed by atoms with Crippen molar-refractivity contribution in [3.63, 3.8) is 0 Å². The fraction of sp³-hybridized carbons (Fsp3) is 0.538. The van der Waals surface area contributed by atoms with Crippen LogP contribution in [0.3, 0.4) is 0 Å². The Balaban J connectivity index is 3.19. The predicted octanol–water partition coefficient (Wildman–Crippen LogP) is 1.76. The number of benzene rings is 1. The van der Waals surface area contributed by atoms with Gasteiger partial charge >= 0.3 is 0 Å². The zero-order valence-corrected chi connectivity index (χ0v) is 14.8. The molecule has 2 atom stereocenters. The Labute approximate surface area is 133 Å². The van der Waals surface area contributed by atoms with E-state index in [1.165, 1.54) is 26.4 Å². The summed E-state index contributed by atoms with van der Waals surface area (Å²) in [4.78, 5) is 0.0529. The zero-order valence-electron chi connectivity index (χ0n) is 12.4. The highest BCUT2D eigenvalue weighted by Gasteiger charge is 2.24. The van der Waals surface area contributed by atoms with Gasteiger partial charge in [0.15, 0.2) is 11.5 Å². The van der Waals surface area contributed by atoms with E-state index < -0.39 is 16.1 Å². The minimum Gasteiger partial charge on any atom is -0.493 e. The molecule has 0 heterocycles. The van der Waals surface area contributed by atoms with E-state index in [2.05, 4.69) is 20.7 Å². The van der Waals surface area contributed by atoms with Gasteiger partial charge in [-0.05, 0) is 34.8 Å². The third kappa shape index (κ3) is 4.32. The molecule has 0 spiro atoms. The molecule has 1 aromatic carbocycles. The molecule has 0 aliphatic heterocycles. The van der Waals surface area contributed by atoms with E-state index in [1.54, 1.807) is 13.8 Å². The van der Waals surface area contributed by atoms with Crippen LogP contribution in [0.2, 0.25) is 0 Å². The molecule has 1 rings (SSSR count). The average Bonchev–Trinajstić information content (AvgIpc) is 2.44. The fourth-order valence-corrected chi connectivity index (χ4v) is 4.01. The van der Waals surface area contributed by atoms with Gasteiger partial charge in [0.1, 0.15) is 4.90 Å². The van der Waals surface area contributed by atoms with Gasteiger partial charge in [0.25, 0.3) is 0 Å². The molecule has 21 heavy (non-hydrogen) atoms. The molecule has 0 aromatic heterocycles. The smallest absolute Gasteiger partial charge is 0.242 e. The molecule has 0 amide bonds. The minimum atomic E-state index is -3.75. The SMILES string of the molecule is COc1cc(Br)c(S(=O)(=O)NC(C)C(C)CO)cc1OC. The minimum absolute atomic E-state index is 0.0529. The largest absolute Gasteiger partial charge is 0.493 e. The lowest BCUT2D eigenvalue weighted by atomic mass is 10.1. The van der Waals surface area contributed by atoms with Crippen LogP contribution < -0.4 is 14.2 Å². The number of methoxy groups -OCH3 is 2. The molecule has 2 N–H and O–H groups in total. The number of ether oxygens (including phenoxy) is 2. The van der Waals surface area contributed by atoms with Crippen LogP contribution in [0.4, 0.5) is 0 Å². The topological polar surface area (TPSA) is 84.9 Å². The number of nitrogens with one attached hydrogen (secondary N) is 1. The highest BCUT2D eigenvalue weighted by atomic mass is 79.9. The molecule has 1 aromatic rings. The first-order chi connectivity index (χ1) is 9.76. The number of rotatable bonds is 7. The summed E-state index contributed by atoms with van der Waals surface area (Å²) < 4.78 is 38.0. The van der Waals surface area contributed by atoms with Gasteiger partial charge in [-0.2, -0.15) is 0 Å². The van der Waals surface area contributed by atoms with Crippen molar-refractivity contribution in [2.45, 2.75) is 24.8 Å². The van der Waals surface area contributed by atoms with E-state index in [0.29, 0.717) is 16.0 Å². The number of halogens is 1. The molecule has 0 fully saturated rings. The molecule has 0 aliphatic carbocycles. The normalized spacial score (nSPS) is 14.6. The number of aliphatic hydroxyl groups excluding tert-OH is 1. The van der Waals surface area contributed by atoms with Gasteiger partial charge < -0.3 is 14.6 Å². The first-order valence-electron chi connectivity index (χ1n) is 6.31. The summed E-state index contributed by atoms with van der Waals surface area (Å²) >= 11 is 3.23. The van der Waals surface area contributed by atoms with Crippen LogP contribution in [0.25, 0.3) is 0 Å². The lowest BCUT2D eigenvalue weighted by Gasteiger charge is -2.20. The fourth-order valence-electron chi connectivity index (χ4n) is 1.62. The maximum atomic E-state index is 12.4. The van der Waals surface area contributed by atoms with Gasteiger partial charge in [0.05, 0.1) is 14.2 Å². The molecule has 8 heteroatoms. The summed E-state index contributed by atoms with van der Waals surface area (Å²) in [6.07, 6.45) is 0. The van der Waals surface area contributed by atoms with Gasteiger partial charge in [-0.15, -0.1) is 0 Å². The van der Waals surface area contributed by atoms with Gasteiger partial charge in [-0.25, -0.2) is 13.1 Å². The molecule has 0 saturated carbocycles. The Hall–Kier alpha value is -0.830. The number of sulfonamides is 1. The summed E-state index contributed by atoms with van der Waals surface area (Å²) in [6.45, 7) is 3.36. The second kappa shape index (κ2) is 7.44. The number of aliphatic hydroxyl groups is 1. The van der Waals surface area contributed by atoms with Gasteiger partial charge in [0, 0.05) is 23.2 Å². The third-order valence-electron chi connectivity index (χ3n) is 3.21. The van der Waals surface area contributed by atoms with Crippen molar-refractivity contribution in [2.24, 2.45) is 5.92 Å². The highest BCUT2D eigenvalue weighted by Crippen LogP contribution is 2.35. The van der Waals surface area contributed by atoms with E-state index in [9.17, 15) is 8.42 Å². The molecule has 0 aliphatic rings. The summed E-state index contributed by atoms with van der Waals surface area (Å²) in [6, 6.07) is 2.52. The summed E-state index contributed by atoms with van der Waals surface area (Å²) in [5.74, 6) is 0.558. The van der Waals surface area contributed by atoms with Crippen molar-refractivity contribution in [3.8, 4) is 11.5 Å². The van der Waals surface area contributed by atoms with Crippen LogP contribution in [0, 0.1) is 5.92 Å². The van der Waals surface area contributed by atoms with Crippen LogP contribution in [0.5, 0.6) is 11.5 Å². The van der Waals surface area contributed by atoms with Crippen LogP contribution in [-0.4, -0.2) is 40.4 Å². The Morgan fingerprint density at radius 1 is 1.24 bits per heavy atom. The second-order valence-electron chi connectivity index (χ2n) is 4.71. The summed E-state index contributed by atoms with van der Waals surface area (Å²) in [5.41, 5.74) is 0. The van der Waals surface area contributed by atoms with Crippen molar-refractivity contribution >= 4 is 26.0 Å². The molecule has 0 bridgehead atoms. The Morgan fingerprint density at radius 2 is 1.76 bits per heavy atom. The number of hydrogen-bond donors (Lipinski definition) is 2. The van der Waals surface area contributed by atoms with E-state index >= 15 is 0 Å². The van der Waals surface area contributed by atoms with E-state index in [1.807, 2.05) is 0 Å². The quantitative estimate of drug-likeness (QED) is 0.751. The van der Waals surface area contributed by atoms with E-state index in [-0.39, 0.29) is 17.4 Å². The lowest BCUT2D eigenvalue weighted by Crippen LogP contribution is -2.38. The molecular weight excluding hydrogens is 362 g/mol. The maximum absolute atomic E-state index is 12.4. The van der Waals surface area contributed by atoms with Gasteiger partial charge in [0.2, 0.25) is 10.0 Å². The van der Waals surface area contributed by atoms with Crippen LogP contribution >= 0.6 is 15.9 Å². The van der Waals surface area contributed by atoms with Crippen molar-refractivity contribution in [3.05, 3.63) is 16.6 Å². The molecule has 6 nitrogen and oxygen atoms in total. The Bertz CT molecular complexity index is 590. The first-order valence-corrected chi connectivity index (χ1v) is 8.59. The molecule has 2 unspecified atom stereocenters. The summed E-state index contributed by atoms with van der Waals surface area (Å²) in [7, 11) is -0.836. The van der Waals surface area contributed by atoms with Crippen molar-refractivity contribution in [1.29, 1.82) is 0 Å². The lowest BCUT2D eigenvalue weighted by molar-refractivity contribution is 0.216. The summed E-state index contributed by atoms with van der Waals surface area (Å²) in [5, 5.41) is 9.10. The van der Waals surface area contributed by atoms with Crippen LogP contribution in [-0.2, 0) is 10.0 Å². The highest BCUT2D eigenvalue weighted by molar-refractivity contribution is 9.10. The Kier molecular flexibility index (Phi) is 6.45. The maximum Gasteiger partial charge on any atom is 0.242 e. The monoisotopic (exact) mass is 381 g/mol. The first kappa shape index (κ1) is 18.2. The van der Waals surface area contributed by atoms with Crippen molar-refractivity contribution in [1.82, 2.24) is 4.72 Å². The Morgan fingerprint density at radius 3 is 2.24 bits per heavy atom. The molecule has 0 radical (unpaired) electrons. The molecule has 0 saturated heterocycles. The second-order valence-corrected chi connectivity index (χ2v) is 7.24. The average molecular weight is 382 g/mol. The van der Waals surface area contributed by atoms with E-state index in [0.717, 1.165) is 0 Å². The zero-order chi connectivity index (χ0) is 16.2. The van der Waals surface area contributed by atoms with Crippen molar-refractivity contribution < 1.29 is 23.0 Å². The molecular formula is C13H20BrNO5S. The molecule has 120 valence electrons. The number of hydrogen-bond acceptors (Lipinski definition) is 5. The predicted molar refractivity (Wildman–Crippen MR) is 83.3 cm³/mol.